The smallest absolute Gasteiger partial charge is 0.224 e. The van der Waals surface area contributed by atoms with Gasteiger partial charge in [0.15, 0.2) is 0 Å². The fourth-order valence-electron chi connectivity index (χ4n) is 1.62. The van der Waals surface area contributed by atoms with Crippen molar-refractivity contribution in [1.82, 2.24) is 14.9 Å². The molecule has 0 bridgehead atoms. The minimum Gasteiger partial charge on any atom is -0.359 e. The SMILES string of the molecule is CCCNc1nccc(N(C)CCCN(C)C)n1. The van der Waals surface area contributed by atoms with Gasteiger partial charge in [0.1, 0.15) is 5.82 Å². The fraction of sp³-hybridized carbons (Fsp3) is 0.692. The average Bonchev–Trinajstić information content (AvgIpc) is 2.36. The molecule has 0 aliphatic heterocycles. The summed E-state index contributed by atoms with van der Waals surface area (Å²) >= 11 is 0. The highest BCUT2D eigenvalue weighted by Crippen LogP contribution is 2.10. The van der Waals surface area contributed by atoms with Crippen molar-refractivity contribution in [3.05, 3.63) is 12.3 Å². The summed E-state index contributed by atoms with van der Waals surface area (Å²) in [6.45, 7) is 5.14. The summed E-state index contributed by atoms with van der Waals surface area (Å²) in [6, 6.07) is 1.95. The van der Waals surface area contributed by atoms with Gasteiger partial charge in [0.25, 0.3) is 0 Å². The maximum absolute atomic E-state index is 4.50. The molecule has 0 radical (unpaired) electrons. The fourth-order valence-corrected chi connectivity index (χ4v) is 1.62. The Balaban J connectivity index is 2.48. The van der Waals surface area contributed by atoms with E-state index < -0.39 is 0 Å². The van der Waals surface area contributed by atoms with Gasteiger partial charge < -0.3 is 15.1 Å². The largest absolute Gasteiger partial charge is 0.359 e. The molecule has 1 rings (SSSR count). The third-order valence-electron chi connectivity index (χ3n) is 2.66. The van der Waals surface area contributed by atoms with E-state index in [1.54, 1.807) is 0 Å². The van der Waals surface area contributed by atoms with E-state index in [-0.39, 0.29) is 0 Å². The predicted octanol–water partition coefficient (Wildman–Crippen LogP) is 1.69. The first-order valence-corrected chi connectivity index (χ1v) is 6.56. The van der Waals surface area contributed by atoms with Crippen LogP contribution in [0.1, 0.15) is 19.8 Å². The van der Waals surface area contributed by atoms with Gasteiger partial charge in [0.2, 0.25) is 5.95 Å². The minimum absolute atomic E-state index is 0.716. The average molecular weight is 251 g/mol. The van der Waals surface area contributed by atoms with Crippen molar-refractivity contribution in [2.24, 2.45) is 0 Å². The summed E-state index contributed by atoms with van der Waals surface area (Å²) < 4.78 is 0. The van der Waals surface area contributed by atoms with E-state index in [4.69, 9.17) is 0 Å². The highest BCUT2D eigenvalue weighted by molar-refractivity contribution is 5.41. The number of anilines is 2. The van der Waals surface area contributed by atoms with Crippen LogP contribution in [0.25, 0.3) is 0 Å². The second kappa shape index (κ2) is 7.87. The Morgan fingerprint density at radius 1 is 1.22 bits per heavy atom. The Hall–Kier alpha value is -1.36. The lowest BCUT2D eigenvalue weighted by Crippen LogP contribution is -2.24. The monoisotopic (exact) mass is 251 g/mol. The first-order chi connectivity index (χ1) is 8.63. The molecule has 0 saturated carbocycles. The summed E-state index contributed by atoms with van der Waals surface area (Å²) in [7, 11) is 6.26. The first kappa shape index (κ1) is 14.7. The van der Waals surface area contributed by atoms with Crippen molar-refractivity contribution in [2.75, 3.05) is 51.0 Å². The zero-order valence-electron chi connectivity index (χ0n) is 12.0. The minimum atomic E-state index is 0.716. The van der Waals surface area contributed by atoms with Crippen LogP contribution in [-0.2, 0) is 0 Å². The van der Waals surface area contributed by atoms with Crippen LogP contribution < -0.4 is 10.2 Å². The molecule has 0 aliphatic carbocycles. The number of nitrogens with one attached hydrogen (secondary N) is 1. The van der Waals surface area contributed by atoms with Gasteiger partial charge in [0, 0.05) is 26.3 Å². The molecular formula is C13H25N5. The van der Waals surface area contributed by atoms with Crippen LogP contribution in [0.5, 0.6) is 0 Å². The van der Waals surface area contributed by atoms with Crippen molar-refractivity contribution in [3.8, 4) is 0 Å². The van der Waals surface area contributed by atoms with Crippen molar-refractivity contribution in [1.29, 1.82) is 0 Å². The van der Waals surface area contributed by atoms with Crippen LogP contribution >= 0.6 is 0 Å². The number of hydrogen-bond donors (Lipinski definition) is 1. The standard InChI is InChI=1S/C13H25N5/c1-5-8-14-13-15-9-7-12(16-13)18(4)11-6-10-17(2)3/h7,9H,5-6,8,10-11H2,1-4H3,(H,14,15,16). The summed E-state index contributed by atoms with van der Waals surface area (Å²) in [5, 5.41) is 3.21. The molecule has 102 valence electrons. The molecule has 0 spiro atoms. The van der Waals surface area contributed by atoms with Crippen LogP contribution in [0.3, 0.4) is 0 Å². The molecule has 0 unspecified atom stereocenters. The van der Waals surface area contributed by atoms with Gasteiger partial charge in [-0.25, -0.2) is 4.98 Å². The summed E-state index contributed by atoms with van der Waals surface area (Å²) in [4.78, 5) is 13.1. The van der Waals surface area contributed by atoms with Gasteiger partial charge in [-0.15, -0.1) is 0 Å². The van der Waals surface area contributed by atoms with Gasteiger partial charge in [-0.2, -0.15) is 4.98 Å². The third-order valence-corrected chi connectivity index (χ3v) is 2.66. The van der Waals surface area contributed by atoms with E-state index in [0.29, 0.717) is 5.95 Å². The molecule has 1 aromatic rings. The molecule has 1 aromatic heterocycles. The van der Waals surface area contributed by atoms with Crippen LogP contribution in [0.4, 0.5) is 11.8 Å². The second-order valence-electron chi connectivity index (χ2n) is 4.74. The maximum Gasteiger partial charge on any atom is 0.224 e. The van der Waals surface area contributed by atoms with Gasteiger partial charge in [0.05, 0.1) is 0 Å². The quantitative estimate of drug-likeness (QED) is 0.761. The highest BCUT2D eigenvalue weighted by atomic mass is 15.2. The Bertz CT molecular complexity index is 340. The molecule has 5 heteroatoms. The molecule has 5 nitrogen and oxygen atoms in total. The molecule has 0 aromatic carbocycles. The summed E-state index contributed by atoms with van der Waals surface area (Å²) in [5.41, 5.74) is 0. The van der Waals surface area contributed by atoms with E-state index in [0.717, 1.165) is 38.3 Å². The van der Waals surface area contributed by atoms with Gasteiger partial charge in [-0.1, -0.05) is 6.92 Å². The lowest BCUT2D eigenvalue weighted by molar-refractivity contribution is 0.401. The van der Waals surface area contributed by atoms with Crippen molar-refractivity contribution >= 4 is 11.8 Å². The van der Waals surface area contributed by atoms with E-state index in [1.807, 2.05) is 12.3 Å². The van der Waals surface area contributed by atoms with Crippen molar-refractivity contribution in [3.63, 3.8) is 0 Å². The van der Waals surface area contributed by atoms with Crippen molar-refractivity contribution < 1.29 is 0 Å². The first-order valence-electron chi connectivity index (χ1n) is 6.56. The Kier molecular flexibility index (Phi) is 6.43. The Morgan fingerprint density at radius 3 is 2.67 bits per heavy atom. The highest BCUT2D eigenvalue weighted by Gasteiger charge is 2.04. The normalized spacial score (nSPS) is 10.7. The lowest BCUT2D eigenvalue weighted by atomic mass is 10.3. The molecule has 0 aliphatic rings. The zero-order chi connectivity index (χ0) is 13.4. The molecule has 0 atom stereocenters. The molecule has 0 saturated heterocycles. The predicted molar refractivity (Wildman–Crippen MR) is 77.3 cm³/mol. The number of rotatable bonds is 8. The Labute approximate surface area is 110 Å². The molecule has 18 heavy (non-hydrogen) atoms. The van der Waals surface area contributed by atoms with E-state index in [1.165, 1.54) is 0 Å². The number of aromatic nitrogens is 2. The van der Waals surface area contributed by atoms with Gasteiger partial charge in [-0.3, -0.25) is 0 Å². The topological polar surface area (TPSA) is 44.3 Å². The van der Waals surface area contributed by atoms with E-state index >= 15 is 0 Å². The van der Waals surface area contributed by atoms with Gasteiger partial charge >= 0.3 is 0 Å². The van der Waals surface area contributed by atoms with Crippen LogP contribution in [-0.4, -0.2) is 55.6 Å². The molecule has 1 heterocycles. The lowest BCUT2D eigenvalue weighted by Gasteiger charge is -2.19. The van der Waals surface area contributed by atoms with Crippen LogP contribution in [0.2, 0.25) is 0 Å². The van der Waals surface area contributed by atoms with Gasteiger partial charge in [-0.05, 0) is 39.5 Å². The van der Waals surface area contributed by atoms with Crippen LogP contribution in [0, 0.1) is 0 Å². The summed E-state index contributed by atoms with van der Waals surface area (Å²) in [5.74, 6) is 1.69. The third kappa shape index (κ3) is 5.31. The molecular weight excluding hydrogens is 226 g/mol. The number of nitrogens with zero attached hydrogens (tertiary/aromatic N) is 4. The van der Waals surface area contributed by atoms with E-state index in [2.05, 4.69) is 53.2 Å². The molecule has 0 amide bonds. The van der Waals surface area contributed by atoms with Crippen molar-refractivity contribution in [2.45, 2.75) is 19.8 Å². The second-order valence-corrected chi connectivity index (χ2v) is 4.74. The number of hydrogen-bond acceptors (Lipinski definition) is 5. The van der Waals surface area contributed by atoms with E-state index in [9.17, 15) is 0 Å². The van der Waals surface area contributed by atoms with Crippen LogP contribution in [0.15, 0.2) is 12.3 Å². The zero-order valence-corrected chi connectivity index (χ0v) is 12.0. The Morgan fingerprint density at radius 2 is 2.00 bits per heavy atom. The maximum atomic E-state index is 4.50. The molecule has 1 N–H and O–H groups in total. The molecule has 0 fully saturated rings. The summed E-state index contributed by atoms with van der Waals surface area (Å²) in [6.07, 6.45) is 4.01.